The molecule has 2 rings (SSSR count). The molecule has 0 radical (unpaired) electrons. The standard InChI is InChI=1S/C17H35N3/c1-5-15(2)16-13-20(10-6-9-18-16)14-17(3)7-11-19(4)12-8-17/h15-16,18H,5-14H2,1-4H3. The van der Waals surface area contributed by atoms with Crippen molar-refractivity contribution in [2.45, 2.75) is 52.5 Å². The van der Waals surface area contributed by atoms with E-state index in [1.54, 1.807) is 0 Å². The third-order valence-electron chi connectivity index (χ3n) is 5.64. The minimum absolute atomic E-state index is 0.539. The Hall–Kier alpha value is -0.120. The molecule has 0 bridgehead atoms. The van der Waals surface area contributed by atoms with Gasteiger partial charge in [-0.15, -0.1) is 0 Å². The molecule has 1 N–H and O–H groups in total. The fraction of sp³-hybridized carbons (Fsp3) is 1.00. The number of rotatable bonds is 4. The summed E-state index contributed by atoms with van der Waals surface area (Å²) in [5.74, 6) is 0.792. The topological polar surface area (TPSA) is 18.5 Å². The molecule has 20 heavy (non-hydrogen) atoms. The Kier molecular flexibility index (Phi) is 5.88. The van der Waals surface area contributed by atoms with Crippen molar-refractivity contribution in [3.05, 3.63) is 0 Å². The quantitative estimate of drug-likeness (QED) is 0.854. The predicted octanol–water partition coefficient (Wildman–Crippen LogP) is 2.43. The Morgan fingerprint density at radius 2 is 1.95 bits per heavy atom. The summed E-state index contributed by atoms with van der Waals surface area (Å²) in [6, 6.07) is 0.692. The first-order valence-corrected chi connectivity index (χ1v) is 8.67. The highest BCUT2D eigenvalue weighted by atomic mass is 15.2. The first kappa shape index (κ1) is 16.3. The van der Waals surface area contributed by atoms with Crippen LogP contribution in [-0.4, -0.2) is 62.2 Å². The van der Waals surface area contributed by atoms with Crippen molar-refractivity contribution in [1.82, 2.24) is 15.1 Å². The summed E-state index contributed by atoms with van der Waals surface area (Å²) in [4.78, 5) is 5.23. The van der Waals surface area contributed by atoms with E-state index in [2.05, 4.69) is 42.9 Å². The second-order valence-electron chi connectivity index (χ2n) is 7.65. The summed E-state index contributed by atoms with van der Waals surface area (Å²) in [6.45, 7) is 14.8. The van der Waals surface area contributed by atoms with Crippen LogP contribution in [0.2, 0.25) is 0 Å². The third kappa shape index (κ3) is 4.44. The number of likely N-dealkylation sites (tertiary alicyclic amines) is 1. The molecule has 2 heterocycles. The van der Waals surface area contributed by atoms with Crippen LogP contribution in [0.25, 0.3) is 0 Å². The molecule has 2 unspecified atom stereocenters. The highest BCUT2D eigenvalue weighted by molar-refractivity contribution is 4.87. The van der Waals surface area contributed by atoms with E-state index in [4.69, 9.17) is 0 Å². The zero-order valence-electron chi connectivity index (χ0n) is 14.1. The molecule has 0 spiro atoms. The number of nitrogens with zero attached hydrogens (tertiary/aromatic N) is 2. The maximum atomic E-state index is 3.77. The average molecular weight is 281 g/mol. The molecule has 2 fully saturated rings. The third-order valence-corrected chi connectivity index (χ3v) is 5.64. The lowest BCUT2D eigenvalue weighted by molar-refractivity contribution is 0.0827. The summed E-state index contributed by atoms with van der Waals surface area (Å²) in [7, 11) is 2.26. The number of hydrogen-bond donors (Lipinski definition) is 1. The van der Waals surface area contributed by atoms with Gasteiger partial charge in [0.1, 0.15) is 0 Å². The van der Waals surface area contributed by atoms with Crippen LogP contribution >= 0.6 is 0 Å². The first-order valence-electron chi connectivity index (χ1n) is 8.67. The maximum Gasteiger partial charge on any atom is 0.0220 e. The lowest BCUT2D eigenvalue weighted by Gasteiger charge is -2.41. The molecule has 0 saturated carbocycles. The molecule has 0 amide bonds. The van der Waals surface area contributed by atoms with Crippen LogP contribution in [0.15, 0.2) is 0 Å². The molecular weight excluding hydrogens is 246 g/mol. The van der Waals surface area contributed by atoms with Crippen LogP contribution in [0.5, 0.6) is 0 Å². The Labute approximate surface area is 126 Å². The van der Waals surface area contributed by atoms with Crippen molar-refractivity contribution >= 4 is 0 Å². The highest BCUT2D eigenvalue weighted by Crippen LogP contribution is 2.31. The molecule has 2 aliphatic heterocycles. The van der Waals surface area contributed by atoms with Crippen LogP contribution in [0.1, 0.15) is 46.5 Å². The van der Waals surface area contributed by atoms with Gasteiger partial charge >= 0.3 is 0 Å². The number of piperidine rings is 1. The fourth-order valence-electron chi connectivity index (χ4n) is 3.69. The van der Waals surface area contributed by atoms with E-state index in [0.29, 0.717) is 11.5 Å². The van der Waals surface area contributed by atoms with Gasteiger partial charge in [-0.05, 0) is 63.8 Å². The Bertz CT molecular complexity index is 284. The molecular formula is C17H35N3. The van der Waals surface area contributed by atoms with Crippen molar-refractivity contribution in [2.24, 2.45) is 11.3 Å². The molecule has 0 aliphatic carbocycles. The normalized spacial score (nSPS) is 30.9. The van der Waals surface area contributed by atoms with Gasteiger partial charge in [0.25, 0.3) is 0 Å². The molecule has 2 aliphatic rings. The summed E-state index contributed by atoms with van der Waals surface area (Å²) in [5.41, 5.74) is 0.539. The monoisotopic (exact) mass is 281 g/mol. The summed E-state index contributed by atoms with van der Waals surface area (Å²) in [6.07, 6.45) is 5.32. The van der Waals surface area contributed by atoms with Gasteiger partial charge in [0.05, 0.1) is 0 Å². The van der Waals surface area contributed by atoms with Gasteiger partial charge < -0.3 is 15.1 Å². The van der Waals surface area contributed by atoms with Gasteiger partial charge in [0, 0.05) is 19.1 Å². The van der Waals surface area contributed by atoms with E-state index in [1.165, 1.54) is 65.0 Å². The minimum Gasteiger partial charge on any atom is -0.312 e. The first-order chi connectivity index (χ1) is 9.52. The summed E-state index contributed by atoms with van der Waals surface area (Å²) in [5, 5.41) is 3.77. The highest BCUT2D eigenvalue weighted by Gasteiger charge is 2.32. The van der Waals surface area contributed by atoms with Gasteiger partial charge in [-0.25, -0.2) is 0 Å². The van der Waals surface area contributed by atoms with E-state index in [0.717, 1.165) is 5.92 Å². The van der Waals surface area contributed by atoms with E-state index >= 15 is 0 Å². The average Bonchev–Trinajstić information content (AvgIpc) is 2.67. The number of nitrogens with one attached hydrogen (secondary N) is 1. The molecule has 2 atom stereocenters. The fourth-order valence-corrected chi connectivity index (χ4v) is 3.69. The van der Waals surface area contributed by atoms with Crippen LogP contribution in [0, 0.1) is 11.3 Å². The Morgan fingerprint density at radius 1 is 1.25 bits per heavy atom. The predicted molar refractivity (Wildman–Crippen MR) is 87.1 cm³/mol. The van der Waals surface area contributed by atoms with Crippen LogP contribution < -0.4 is 5.32 Å². The van der Waals surface area contributed by atoms with E-state index in [9.17, 15) is 0 Å². The maximum absolute atomic E-state index is 3.77. The van der Waals surface area contributed by atoms with Crippen LogP contribution in [-0.2, 0) is 0 Å². The molecule has 118 valence electrons. The lowest BCUT2D eigenvalue weighted by Crippen LogP contribution is -2.47. The molecule has 2 saturated heterocycles. The molecule has 0 aromatic heterocycles. The Morgan fingerprint density at radius 3 is 2.60 bits per heavy atom. The van der Waals surface area contributed by atoms with Gasteiger partial charge in [0.2, 0.25) is 0 Å². The van der Waals surface area contributed by atoms with E-state index < -0.39 is 0 Å². The van der Waals surface area contributed by atoms with E-state index in [-0.39, 0.29) is 0 Å². The van der Waals surface area contributed by atoms with Crippen molar-refractivity contribution in [1.29, 1.82) is 0 Å². The largest absolute Gasteiger partial charge is 0.312 e. The zero-order valence-corrected chi connectivity index (χ0v) is 14.1. The van der Waals surface area contributed by atoms with Crippen LogP contribution in [0.3, 0.4) is 0 Å². The minimum atomic E-state index is 0.539. The molecule has 0 aromatic rings. The van der Waals surface area contributed by atoms with Gasteiger partial charge in [-0.2, -0.15) is 0 Å². The van der Waals surface area contributed by atoms with Crippen molar-refractivity contribution in [2.75, 3.05) is 46.3 Å². The summed E-state index contributed by atoms with van der Waals surface area (Å²) >= 11 is 0. The second-order valence-corrected chi connectivity index (χ2v) is 7.65. The van der Waals surface area contributed by atoms with Gasteiger partial charge in [0.15, 0.2) is 0 Å². The molecule has 3 heteroatoms. The van der Waals surface area contributed by atoms with Crippen molar-refractivity contribution < 1.29 is 0 Å². The van der Waals surface area contributed by atoms with Gasteiger partial charge in [-0.1, -0.05) is 27.2 Å². The summed E-state index contributed by atoms with van der Waals surface area (Å²) < 4.78 is 0. The Balaban J connectivity index is 1.90. The SMILES string of the molecule is CCC(C)C1CN(CC2(C)CCN(C)CC2)CCCN1. The zero-order chi connectivity index (χ0) is 14.6. The van der Waals surface area contributed by atoms with Crippen molar-refractivity contribution in [3.63, 3.8) is 0 Å². The van der Waals surface area contributed by atoms with Gasteiger partial charge in [-0.3, -0.25) is 0 Å². The molecule has 3 nitrogen and oxygen atoms in total. The second kappa shape index (κ2) is 7.24. The smallest absolute Gasteiger partial charge is 0.0220 e. The van der Waals surface area contributed by atoms with Crippen LogP contribution in [0.4, 0.5) is 0 Å². The molecule has 0 aromatic carbocycles. The van der Waals surface area contributed by atoms with Crippen molar-refractivity contribution in [3.8, 4) is 0 Å². The van der Waals surface area contributed by atoms with E-state index in [1.807, 2.05) is 0 Å². The lowest BCUT2D eigenvalue weighted by atomic mass is 9.80. The number of hydrogen-bond acceptors (Lipinski definition) is 3.